The van der Waals surface area contributed by atoms with Crippen LogP contribution >= 0.6 is 31.9 Å². The highest BCUT2D eigenvalue weighted by Crippen LogP contribution is 2.34. The van der Waals surface area contributed by atoms with Crippen LogP contribution in [0, 0.1) is 13.8 Å². The quantitative estimate of drug-likeness (QED) is 0.605. The van der Waals surface area contributed by atoms with Gasteiger partial charge in [0.1, 0.15) is 0 Å². The number of halogens is 2. The van der Waals surface area contributed by atoms with Crippen LogP contribution in [0.25, 0.3) is 11.1 Å². The molecule has 2 aromatic carbocycles. The van der Waals surface area contributed by atoms with Crippen molar-refractivity contribution in [1.29, 1.82) is 0 Å². The van der Waals surface area contributed by atoms with Crippen molar-refractivity contribution in [3.63, 3.8) is 0 Å². The first-order valence-corrected chi connectivity index (χ1v) is 8.22. The van der Waals surface area contributed by atoms with E-state index in [9.17, 15) is 0 Å². The number of alkyl halides is 2. The van der Waals surface area contributed by atoms with Crippen LogP contribution in [-0.4, -0.2) is 0 Å². The zero-order valence-corrected chi connectivity index (χ0v) is 13.8. The topological polar surface area (TPSA) is 0 Å². The van der Waals surface area contributed by atoms with E-state index >= 15 is 0 Å². The molecule has 0 fully saturated rings. The van der Waals surface area contributed by atoms with Gasteiger partial charge in [-0.1, -0.05) is 68.3 Å². The summed E-state index contributed by atoms with van der Waals surface area (Å²) < 4.78 is 0. The number of aryl methyl sites for hydroxylation is 2. The Labute approximate surface area is 126 Å². The van der Waals surface area contributed by atoms with Gasteiger partial charge in [-0.25, -0.2) is 0 Å². The third-order valence-electron chi connectivity index (χ3n) is 3.31. The minimum absolute atomic E-state index is 0.888. The first-order chi connectivity index (χ1) is 8.69. The molecule has 2 rings (SSSR count). The molecule has 0 nitrogen and oxygen atoms in total. The number of benzene rings is 2. The van der Waals surface area contributed by atoms with Gasteiger partial charge in [-0.3, -0.25) is 0 Å². The molecular formula is C16H16Br2. The van der Waals surface area contributed by atoms with Crippen LogP contribution in [0.1, 0.15) is 22.3 Å². The second-order valence-corrected chi connectivity index (χ2v) is 5.60. The fourth-order valence-electron chi connectivity index (χ4n) is 2.31. The van der Waals surface area contributed by atoms with Crippen LogP contribution in [-0.2, 0) is 10.7 Å². The molecule has 0 aliphatic rings. The van der Waals surface area contributed by atoms with Crippen LogP contribution in [0.4, 0.5) is 0 Å². The molecule has 2 heteroatoms. The Morgan fingerprint density at radius 3 is 2.17 bits per heavy atom. The second-order valence-electron chi connectivity index (χ2n) is 4.48. The van der Waals surface area contributed by atoms with E-state index in [0.29, 0.717) is 0 Å². The monoisotopic (exact) mass is 366 g/mol. The van der Waals surface area contributed by atoms with Gasteiger partial charge in [-0.15, -0.1) is 0 Å². The Morgan fingerprint density at radius 1 is 0.833 bits per heavy atom. The number of rotatable bonds is 3. The van der Waals surface area contributed by atoms with Crippen molar-refractivity contribution in [2.24, 2.45) is 0 Å². The van der Waals surface area contributed by atoms with Crippen LogP contribution < -0.4 is 0 Å². The van der Waals surface area contributed by atoms with E-state index in [-0.39, 0.29) is 0 Å². The molecular weight excluding hydrogens is 352 g/mol. The normalized spacial score (nSPS) is 10.7. The predicted molar refractivity (Wildman–Crippen MR) is 86.6 cm³/mol. The minimum atomic E-state index is 0.888. The van der Waals surface area contributed by atoms with Crippen LogP contribution in [0.2, 0.25) is 0 Å². The highest BCUT2D eigenvalue weighted by Gasteiger charge is 2.13. The minimum Gasteiger partial charge on any atom is -0.0876 e. The Balaban J connectivity index is 2.74. The highest BCUT2D eigenvalue weighted by molar-refractivity contribution is 9.09. The lowest BCUT2D eigenvalue weighted by molar-refractivity contribution is 1.26. The molecule has 0 bridgehead atoms. The standard InChI is InChI=1S/C16H16Br2/c1-11-5-3-4-6-14(11)16-12(2)7-8-13(9-17)15(16)10-18/h3-8H,9-10H2,1-2H3. The first kappa shape index (κ1) is 13.8. The Bertz CT molecular complexity index is 559. The Kier molecular flexibility index (Phi) is 4.63. The molecule has 0 N–H and O–H groups in total. The summed E-state index contributed by atoms with van der Waals surface area (Å²) in [5.41, 5.74) is 8.13. The second kappa shape index (κ2) is 6.03. The maximum Gasteiger partial charge on any atom is 0.0292 e. The molecule has 0 radical (unpaired) electrons. The van der Waals surface area contributed by atoms with Gasteiger partial charge in [0.05, 0.1) is 0 Å². The van der Waals surface area contributed by atoms with E-state index in [2.05, 4.69) is 82.1 Å². The maximum atomic E-state index is 3.64. The number of hydrogen-bond donors (Lipinski definition) is 0. The van der Waals surface area contributed by atoms with Crippen molar-refractivity contribution in [3.8, 4) is 11.1 Å². The molecule has 0 saturated carbocycles. The summed E-state index contributed by atoms with van der Waals surface area (Å²) in [6.45, 7) is 4.36. The molecule has 0 aromatic heterocycles. The van der Waals surface area contributed by atoms with Crippen molar-refractivity contribution in [2.75, 3.05) is 0 Å². The molecule has 0 atom stereocenters. The van der Waals surface area contributed by atoms with Gasteiger partial charge in [0, 0.05) is 10.7 Å². The summed E-state index contributed by atoms with van der Waals surface area (Å²) >= 11 is 7.21. The molecule has 0 heterocycles. The lowest BCUT2D eigenvalue weighted by atomic mass is 9.90. The molecule has 0 aliphatic heterocycles. The van der Waals surface area contributed by atoms with Gasteiger partial charge in [-0.05, 0) is 47.2 Å². The zero-order valence-electron chi connectivity index (χ0n) is 10.6. The van der Waals surface area contributed by atoms with Crippen molar-refractivity contribution in [1.82, 2.24) is 0 Å². The van der Waals surface area contributed by atoms with Crippen LogP contribution in [0.15, 0.2) is 36.4 Å². The van der Waals surface area contributed by atoms with Gasteiger partial charge in [0.2, 0.25) is 0 Å². The van der Waals surface area contributed by atoms with E-state index in [4.69, 9.17) is 0 Å². The highest BCUT2D eigenvalue weighted by atomic mass is 79.9. The smallest absolute Gasteiger partial charge is 0.0292 e. The lowest BCUT2D eigenvalue weighted by Crippen LogP contribution is -1.97. The molecule has 0 amide bonds. The average molecular weight is 368 g/mol. The van der Waals surface area contributed by atoms with Gasteiger partial charge in [0.25, 0.3) is 0 Å². The van der Waals surface area contributed by atoms with Crippen molar-refractivity contribution < 1.29 is 0 Å². The molecule has 2 aromatic rings. The third-order valence-corrected chi connectivity index (χ3v) is 4.48. The molecule has 0 unspecified atom stereocenters. The molecule has 94 valence electrons. The van der Waals surface area contributed by atoms with E-state index in [1.807, 2.05) is 0 Å². The summed E-state index contributed by atoms with van der Waals surface area (Å²) in [6.07, 6.45) is 0. The fourth-order valence-corrected chi connectivity index (χ4v) is 3.48. The van der Waals surface area contributed by atoms with Gasteiger partial charge in [0.15, 0.2) is 0 Å². The van der Waals surface area contributed by atoms with E-state index < -0.39 is 0 Å². The van der Waals surface area contributed by atoms with E-state index in [1.54, 1.807) is 0 Å². The third kappa shape index (κ3) is 2.55. The lowest BCUT2D eigenvalue weighted by Gasteiger charge is -2.16. The van der Waals surface area contributed by atoms with E-state index in [1.165, 1.54) is 33.4 Å². The summed E-state index contributed by atoms with van der Waals surface area (Å²) in [6, 6.07) is 13.0. The zero-order chi connectivity index (χ0) is 13.1. The molecule has 0 saturated heterocycles. The molecule has 0 aliphatic carbocycles. The number of hydrogen-bond acceptors (Lipinski definition) is 0. The molecule has 0 spiro atoms. The maximum absolute atomic E-state index is 3.64. The summed E-state index contributed by atoms with van der Waals surface area (Å²) in [5, 5.41) is 1.78. The Hall–Kier alpha value is -0.600. The molecule has 18 heavy (non-hydrogen) atoms. The summed E-state index contributed by atoms with van der Waals surface area (Å²) in [5.74, 6) is 0. The fraction of sp³-hybridized carbons (Fsp3) is 0.250. The summed E-state index contributed by atoms with van der Waals surface area (Å²) in [7, 11) is 0. The van der Waals surface area contributed by atoms with Gasteiger partial charge < -0.3 is 0 Å². The predicted octanol–water partition coefficient (Wildman–Crippen LogP) is 5.76. The van der Waals surface area contributed by atoms with Crippen molar-refractivity contribution in [3.05, 3.63) is 58.7 Å². The van der Waals surface area contributed by atoms with Crippen molar-refractivity contribution in [2.45, 2.75) is 24.5 Å². The van der Waals surface area contributed by atoms with Crippen LogP contribution in [0.5, 0.6) is 0 Å². The van der Waals surface area contributed by atoms with E-state index in [0.717, 1.165) is 10.7 Å². The average Bonchev–Trinajstić information content (AvgIpc) is 2.39. The summed E-state index contributed by atoms with van der Waals surface area (Å²) in [4.78, 5) is 0. The van der Waals surface area contributed by atoms with Gasteiger partial charge >= 0.3 is 0 Å². The first-order valence-electron chi connectivity index (χ1n) is 5.98. The SMILES string of the molecule is Cc1ccccc1-c1c(C)ccc(CBr)c1CBr. The van der Waals surface area contributed by atoms with Crippen LogP contribution in [0.3, 0.4) is 0 Å². The Morgan fingerprint density at radius 2 is 1.56 bits per heavy atom. The van der Waals surface area contributed by atoms with Gasteiger partial charge in [-0.2, -0.15) is 0 Å². The largest absolute Gasteiger partial charge is 0.0876 e. The van der Waals surface area contributed by atoms with Crippen molar-refractivity contribution >= 4 is 31.9 Å².